The van der Waals surface area contributed by atoms with Crippen LogP contribution in [0.3, 0.4) is 0 Å². The number of carbonyl (C=O) groups excluding carboxylic acids is 2. The lowest BCUT2D eigenvalue weighted by Gasteiger charge is -2.49. The van der Waals surface area contributed by atoms with Crippen LogP contribution in [0.5, 0.6) is 0 Å². The minimum absolute atomic E-state index is 0.0936. The molecule has 17 heteroatoms. The van der Waals surface area contributed by atoms with Crippen molar-refractivity contribution in [3.63, 3.8) is 0 Å². The van der Waals surface area contributed by atoms with E-state index in [0.29, 0.717) is 6.42 Å². The molecule has 3 fully saturated rings. The number of methoxy groups -OCH3 is 1. The quantitative estimate of drug-likeness (QED) is 0.182. The van der Waals surface area contributed by atoms with Gasteiger partial charge in [-0.1, -0.05) is 27.7 Å². The fourth-order valence-electron chi connectivity index (χ4n) is 8.41. The maximum Gasteiger partial charge on any atom is 0.503 e. The number of carboxylic acid groups (broad SMARTS) is 2. The average Bonchev–Trinajstić information content (AvgIpc) is 3.08. The standard InChI is InChI=1S/C37H67NO13.CH2O3/c1-14-25-37(10,45)30(41)20(4)27(39)18(2)16-35(8,44)32(51-34-28(40)24(38(11)12)15-19(3)47-34)21(5)29(22(6)33(43)49-25)50-26-17-36(9,46-13)31(42)23(7)48-26;2-1(3)4/h18-26,28-32,34,40-42,44-45H,14-17H2,1-13H3;(H2,2,3,4)/t18-,19-,20+,21-,22-,23+,24+,25-,26+,28-,29+,30+,31+,32-,34+,35-,36-,37-;/m1./s1. The fourth-order valence-corrected chi connectivity index (χ4v) is 8.41. The molecule has 0 spiro atoms. The van der Waals surface area contributed by atoms with Crippen LogP contribution in [0, 0.1) is 23.7 Å². The van der Waals surface area contributed by atoms with Crippen LogP contribution in [0.1, 0.15) is 94.9 Å². The van der Waals surface area contributed by atoms with Crippen molar-refractivity contribution in [3.05, 3.63) is 0 Å². The number of rotatable bonds is 7. The van der Waals surface area contributed by atoms with Gasteiger partial charge in [0.05, 0.1) is 47.6 Å². The third-order valence-corrected chi connectivity index (χ3v) is 11.8. The van der Waals surface area contributed by atoms with Crippen LogP contribution in [0.4, 0.5) is 4.79 Å². The van der Waals surface area contributed by atoms with Gasteiger partial charge in [-0.2, -0.15) is 0 Å². The van der Waals surface area contributed by atoms with E-state index in [1.165, 1.54) is 27.9 Å². The summed E-state index contributed by atoms with van der Waals surface area (Å²) in [6, 6.07) is -0.324. The summed E-state index contributed by atoms with van der Waals surface area (Å²) in [5.41, 5.74) is -4.84. The molecule has 0 aromatic rings. The Bertz CT molecular complexity index is 1260. The number of aliphatic hydroxyl groups is 5. The number of Topliss-reactive ketones (excluding diaryl/α,β-unsaturated/α-hetero) is 1. The lowest BCUT2D eigenvalue weighted by atomic mass is 9.74. The van der Waals surface area contributed by atoms with Crippen LogP contribution in [-0.4, -0.2) is 164 Å². The number of ketones is 1. The van der Waals surface area contributed by atoms with Crippen molar-refractivity contribution in [1.29, 1.82) is 0 Å². The van der Waals surface area contributed by atoms with Crippen molar-refractivity contribution in [3.8, 4) is 0 Å². The largest absolute Gasteiger partial charge is 0.503 e. The van der Waals surface area contributed by atoms with E-state index in [2.05, 4.69) is 0 Å². The highest BCUT2D eigenvalue weighted by Gasteiger charge is 2.53. The molecule has 55 heavy (non-hydrogen) atoms. The van der Waals surface area contributed by atoms with Crippen LogP contribution in [-0.2, 0) is 38.0 Å². The van der Waals surface area contributed by atoms with Crippen LogP contribution in [0.2, 0.25) is 0 Å². The van der Waals surface area contributed by atoms with Crippen LogP contribution >= 0.6 is 0 Å². The number of likely N-dealkylation sites (N-methyl/N-ethyl adjacent to an activating group) is 1. The number of ether oxygens (including phenoxy) is 6. The summed E-state index contributed by atoms with van der Waals surface area (Å²) < 4.78 is 37.1. The van der Waals surface area contributed by atoms with E-state index in [4.69, 9.17) is 43.4 Å². The highest BCUT2D eigenvalue weighted by Crippen LogP contribution is 2.40. The Hall–Kier alpha value is -2.03. The van der Waals surface area contributed by atoms with Gasteiger partial charge in [0.2, 0.25) is 0 Å². The Labute approximate surface area is 325 Å². The molecule has 7 N–H and O–H groups in total. The van der Waals surface area contributed by atoms with E-state index in [9.17, 15) is 35.1 Å². The summed E-state index contributed by atoms with van der Waals surface area (Å²) in [6.45, 7) is 16.3. The van der Waals surface area contributed by atoms with Gasteiger partial charge in [0.25, 0.3) is 0 Å². The van der Waals surface area contributed by atoms with E-state index in [1.807, 2.05) is 25.9 Å². The van der Waals surface area contributed by atoms with Crippen LogP contribution in [0.25, 0.3) is 0 Å². The topological polar surface area (TPSA) is 251 Å². The van der Waals surface area contributed by atoms with Gasteiger partial charge in [-0.25, -0.2) is 4.79 Å². The number of esters is 1. The lowest BCUT2D eigenvalue weighted by molar-refractivity contribution is -0.318. The van der Waals surface area contributed by atoms with E-state index >= 15 is 0 Å². The summed E-state index contributed by atoms with van der Waals surface area (Å²) in [4.78, 5) is 38.3. The molecule has 3 heterocycles. The number of nitrogens with zero attached hydrogens (tertiary/aromatic N) is 1. The first-order chi connectivity index (χ1) is 25.2. The molecular formula is C38H69NO16. The van der Waals surface area contributed by atoms with E-state index in [1.54, 1.807) is 41.5 Å². The molecule has 3 aliphatic heterocycles. The first kappa shape index (κ1) is 49.1. The molecule has 0 aliphatic carbocycles. The van der Waals surface area contributed by atoms with Crippen molar-refractivity contribution >= 4 is 17.9 Å². The van der Waals surface area contributed by atoms with Crippen molar-refractivity contribution < 1.29 is 78.6 Å². The Morgan fingerprint density at radius 3 is 1.96 bits per heavy atom. The first-order valence-corrected chi connectivity index (χ1v) is 19.1. The molecule has 0 bridgehead atoms. The summed E-state index contributed by atoms with van der Waals surface area (Å²) in [7, 11) is 5.18. The molecule has 0 radical (unpaired) electrons. The van der Waals surface area contributed by atoms with Gasteiger partial charge in [-0.15, -0.1) is 0 Å². The van der Waals surface area contributed by atoms with E-state index < -0.39 is 114 Å². The van der Waals surface area contributed by atoms with Gasteiger partial charge in [0.1, 0.15) is 29.7 Å². The SMILES string of the molecule is CC[C@H]1OC(=O)[C@H](C)[C@@H](O[C@H]2C[C@@](C)(OC)[C@@H](O)[C@H](C)O2)[C@@H](C)[C@@H](O[C@@H]2O[C@H](C)C[C@H](N(C)C)[C@H]2O)[C@](C)(O)C[C@@H](C)C(=O)[C@H](C)[C@H](O)[C@]1(C)O.O=C(O)O. The molecule has 17 nitrogen and oxygen atoms in total. The zero-order chi connectivity index (χ0) is 42.5. The summed E-state index contributed by atoms with van der Waals surface area (Å²) in [5.74, 6) is -4.98. The average molecular weight is 796 g/mol. The first-order valence-electron chi connectivity index (χ1n) is 19.1. The van der Waals surface area contributed by atoms with Crippen LogP contribution in [0.15, 0.2) is 0 Å². The van der Waals surface area contributed by atoms with Gasteiger partial charge in [-0.05, 0) is 74.9 Å². The highest BCUT2D eigenvalue weighted by molar-refractivity contribution is 5.83. The zero-order valence-corrected chi connectivity index (χ0v) is 34.7. The predicted octanol–water partition coefficient (Wildman–Crippen LogP) is 2.01. The Morgan fingerprint density at radius 1 is 0.891 bits per heavy atom. The maximum atomic E-state index is 14.1. The molecule has 0 aromatic heterocycles. The molecule has 3 aliphatic rings. The van der Waals surface area contributed by atoms with Crippen molar-refractivity contribution in [2.45, 2.75) is 179 Å². The van der Waals surface area contributed by atoms with Crippen molar-refractivity contribution in [2.75, 3.05) is 21.2 Å². The molecule has 0 aromatic carbocycles. The predicted molar refractivity (Wildman–Crippen MR) is 197 cm³/mol. The fraction of sp³-hybridized carbons (Fsp3) is 0.921. The van der Waals surface area contributed by atoms with E-state index in [0.717, 1.165) is 0 Å². The number of cyclic esters (lactones) is 1. The summed E-state index contributed by atoms with van der Waals surface area (Å²) in [5, 5.41) is 71.6. The zero-order valence-electron chi connectivity index (χ0n) is 34.7. The number of hydrogen-bond acceptors (Lipinski definition) is 15. The monoisotopic (exact) mass is 795 g/mol. The van der Waals surface area contributed by atoms with Gasteiger partial charge >= 0.3 is 12.1 Å². The second kappa shape index (κ2) is 19.6. The molecule has 0 unspecified atom stereocenters. The van der Waals surface area contributed by atoms with Gasteiger partial charge in [0.15, 0.2) is 12.6 Å². The lowest BCUT2D eigenvalue weighted by Crippen LogP contribution is -2.61. The number of hydrogen-bond donors (Lipinski definition) is 7. The second-order valence-electron chi connectivity index (χ2n) is 16.8. The molecule has 322 valence electrons. The third-order valence-electron chi connectivity index (χ3n) is 11.8. The molecular weight excluding hydrogens is 726 g/mol. The molecule has 18 atom stereocenters. The Balaban J connectivity index is 0.00000248. The normalized spacial score (nSPS) is 46.6. The third kappa shape index (κ3) is 11.8. The van der Waals surface area contributed by atoms with Crippen molar-refractivity contribution in [1.82, 2.24) is 4.90 Å². The number of carbonyl (C=O) groups is 3. The number of aliphatic hydroxyl groups excluding tert-OH is 3. The van der Waals surface area contributed by atoms with Crippen LogP contribution < -0.4 is 0 Å². The molecule has 0 amide bonds. The molecule has 3 saturated heterocycles. The smallest absolute Gasteiger partial charge is 0.459 e. The highest BCUT2D eigenvalue weighted by atomic mass is 16.7. The molecule has 0 saturated carbocycles. The van der Waals surface area contributed by atoms with Gasteiger partial charge in [-0.3, -0.25) is 9.59 Å². The summed E-state index contributed by atoms with van der Waals surface area (Å²) >= 11 is 0. The minimum atomic E-state index is -1.99. The van der Waals surface area contributed by atoms with Gasteiger partial charge < -0.3 is 69.1 Å². The maximum absolute atomic E-state index is 14.1. The molecule has 3 rings (SSSR count). The summed E-state index contributed by atoms with van der Waals surface area (Å²) in [6.07, 6.45) is -11.5. The Morgan fingerprint density at radius 2 is 1.45 bits per heavy atom. The van der Waals surface area contributed by atoms with E-state index in [-0.39, 0.29) is 31.4 Å². The van der Waals surface area contributed by atoms with Gasteiger partial charge in [0, 0.05) is 37.3 Å². The van der Waals surface area contributed by atoms with Crippen molar-refractivity contribution in [2.24, 2.45) is 23.7 Å². The second-order valence-corrected chi connectivity index (χ2v) is 16.8. The Kier molecular flexibility index (Phi) is 17.5. The minimum Gasteiger partial charge on any atom is -0.459 e.